The molecular formula is C16H23NO4. The Morgan fingerprint density at radius 2 is 1.90 bits per heavy atom. The van der Waals surface area contributed by atoms with E-state index in [0.717, 1.165) is 0 Å². The van der Waals surface area contributed by atoms with Gasteiger partial charge in [0, 0.05) is 0 Å². The van der Waals surface area contributed by atoms with Gasteiger partial charge in [-0.15, -0.1) is 0 Å². The quantitative estimate of drug-likeness (QED) is 0.454. The maximum Gasteiger partial charge on any atom is 0.335 e. The number of allylic oxidation sites excluding steroid dienone is 1. The van der Waals surface area contributed by atoms with Crippen LogP contribution in [-0.4, -0.2) is 24.1 Å². The van der Waals surface area contributed by atoms with Crippen LogP contribution in [0.2, 0.25) is 0 Å². The highest BCUT2D eigenvalue weighted by Gasteiger charge is 2.62. The zero-order valence-electron chi connectivity index (χ0n) is 13.5. The molecule has 0 radical (unpaired) electrons. The van der Waals surface area contributed by atoms with Crippen LogP contribution in [-0.2, 0) is 19.1 Å². The summed E-state index contributed by atoms with van der Waals surface area (Å²) in [6, 6.07) is 0. The third-order valence-electron chi connectivity index (χ3n) is 3.51. The lowest BCUT2D eigenvalue weighted by Gasteiger charge is -2.19. The topological polar surface area (TPSA) is 57.0 Å². The van der Waals surface area contributed by atoms with Crippen molar-refractivity contribution in [2.45, 2.75) is 47.1 Å². The van der Waals surface area contributed by atoms with Gasteiger partial charge in [0.05, 0.1) is 19.1 Å². The molecule has 5 heteroatoms. The van der Waals surface area contributed by atoms with Crippen LogP contribution in [0.4, 0.5) is 0 Å². The lowest BCUT2D eigenvalue weighted by Crippen LogP contribution is -2.26. The zero-order chi connectivity index (χ0) is 16.4. The van der Waals surface area contributed by atoms with E-state index in [1.807, 2.05) is 34.6 Å². The summed E-state index contributed by atoms with van der Waals surface area (Å²) in [6.45, 7) is 18.3. The van der Waals surface area contributed by atoms with Crippen molar-refractivity contribution in [2.75, 3.05) is 6.61 Å². The lowest BCUT2D eigenvalue weighted by molar-refractivity contribution is -0.157. The molecular weight excluding hydrogens is 270 g/mol. The predicted octanol–water partition coefficient (Wildman–Crippen LogP) is 2.97. The molecule has 0 aliphatic heterocycles. The van der Waals surface area contributed by atoms with Gasteiger partial charge in [0.1, 0.15) is 5.60 Å². The van der Waals surface area contributed by atoms with Gasteiger partial charge >= 0.3 is 11.9 Å². The summed E-state index contributed by atoms with van der Waals surface area (Å²) in [5, 5.41) is 0. The Bertz CT molecular complexity index is 505. The Kier molecular flexibility index (Phi) is 4.83. The molecule has 0 saturated heterocycles. The SMILES string of the molecule is [C-]#[N+]C(=CC1C(C(=O)OC(C)(C)C)C1(C)C)C(=O)OCC. The van der Waals surface area contributed by atoms with Crippen LogP contribution in [0.1, 0.15) is 41.5 Å². The first kappa shape index (κ1) is 17.2. The van der Waals surface area contributed by atoms with E-state index in [4.69, 9.17) is 16.0 Å². The number of ether oxygens (including phenoxy) is 2. The summed E-state index contributed by atoms with van der Waals surface area (Å²) in [6.07, 6.45) is 1.54. The highest BCUT2D eigenvalue weighted by molar-refractivity contribution is 5.91. The van der Waals surface area contributed by atoms with Gasteiger partial charge in [-0.05, 0) is 39.0 Å². The highest BCUT2D eigenvalue weighted by atomic mass is 16.6. The van der Waals surface area contributed by atoms with Crippen molar-refractivity contribution in [1.82, 2.24) is 0 Å². The van der Waals surface area contributed by atoms with Gasteiger partial charge in [-0.3, -0.25) is 9.59 Å². The van der Waals surface area contributed by atoms with E-state index < -0.39 is 11.6 Å². The maximum atomic E-state index is 12.2. The minimum Gasteiger partial charge on any atom is -0.471 e. The van der Waals surface area contributed by atoms with Crippen LogP contribution in [0.3, 0.4) is 0 Å². The Labute approximate surface area is 126 Å². The van der Waals surface area contributed by atoms with Crippen LogP contribution >= 0.6 is 0 Å². The number of rotatable bonds is 4. The summed E-state index contributed by atoms with van der Waals surface area (Å²) in [4.78, 5) is 27.0. The number of nitrogens with zero attached hydrogens (tertiary/aromatic N) is 1. The Balaban J connectivity index is 2.88. The molecule has 1 aliphatic carbocycles. The third-order valence-corrected chi connectivity index (χ3v) is 3.51. The first-order valence-corrected chi connectivity index (χ1v) is 7.03. The summed E-state index contributed by atoms with van der Waals surface area (Å²) in [7, 11) is 0. The third kappa shape index (κ3) is 4.07. The van der Waals surface area contributed by atoms with Crippen LogP contribution in [0.5, 0.6) is 0 Å². The van der Waals surface area contributed by atoms with Crippen molar-refractivity contribution < 1.29 is 19.1 Å². The van der Waals surface area contributed by atoms with Crippen molar-refractivity contribution >= 4 is 11.9 Å². The lowest BCUT2D eigenvalue weighted by atomic mass is 10.1. The minimum atomic E-state index is -0.641. The van der Waals surface area contributed by atoms with E-state index in [1.165, 1.54) is 0 Å². The van der Waals surface area contributed by atoms with Crippen molar-refractivity contribution in [2.24, 2.45) is 17.3 Å². The van der Waals surface area contributed by atoms with Crippen LogP contribution in [0, 0.1) is 23.8 Å². The van der Waals surface area contributed by atoms with Crippen molar-refractivity contribution in [3.8, 4) is 0 Å². The van der Waals surface area contributed by atoms with Gasteiger partial charge in [-0.25, -0.2) is 4.85 Å². The van der Waals surface area contributed by atoms with E-state index in [2.05, 4.69) is 4.85 Å². The molecule has 1 saturated carbocycles. The predicted molar refractivity (Wildman–Crippen MR) is 77.9 cm³/mol. The Morgan fingerprint density at radius 1 is 1.33 bits per heavy atom. The smallest absolute Gasteiger partial charge is 0.335 e. The first-order chi connectivity index (χ1) is 9.54. The van der Waals surface area contributed by atoms with Gasteiger partial charge < -0.3 is 9.47 Å². The fourth-order valence-corrected chi connectivity index (χ4v) is 2.33. The molecule has 5 nitrogen and oxygen atoms in total. The number of esters is 2. The molecule has 0 amide bonds. The molecule has 0 aromatic rings. The normalized spacial score (nSPS) is 24.0. The van der Waals surface area contributed by atoms with Gasteiger partial charge in [0.2, 0.25) is 0 Å². The van der Waals surface area contributed by atoms with E-state index >= 15 is 0 Å². The fourth-order valence-electron chi connectivity index (χ4n) is 2.33. The van der Waals surface area contributed by atoms with E-state index in [-0.39, 0.29) is 35.5 Å². The molecule has 1 rings (SSSR count). The summed E-state index contributed by atoms with van der Waals surface area (Å²) >= 11 is 0. The number of carbonyl (C=O) groups excluding carboxylic acids is 2. The van der Waals surface area contributed by atoms with Gasteiger partial charge in [0.25, 0.3) is 5.70 Å². The second-order valence-electron chi connectivity index (χ2n) is 6.74. The number of hydrogen-bond donors (Lipinski definition) is 0. The van der Waals surface area contributed by atoms with Crippen LogP contribution < -0.4 is 0 Å². The summed E-state index contributed by atoms with van der Waals surface area (Å²) in [5.74, 6) is -1.44. The molecule has 0 aromatic heterocycles. The average molecular weight is 293 g/mol. The number of hydrogen-bond acceptors (Lipinski definition) is 4. The molecule has 2 unspecified atom stereocenters. The second kappa shape index (κ2) is 5.88. The van der Waals surface area contributed by atoms with Crippen LogP contribution in [0.25, 0.3) is 4.85 Å². The van der Waals surface area contributed by atoms with Gasteiger partial charge in [-0.2, -0.15) is 0 Å². The van der Waals surface area contributed by atoms with E-state index in [1.54, 1.807) is 13.0 Å². The molecule has 1 fully saturated rings. The molecule has 116 valence electrons. The molecule has 0 N–H and O–H groups in total. The Morgan fingerprint density at radius 3 is 2.33 bits per heavy atom. The largest absolute Gasteiger partial charge is 0.471 e. The van der Waals surface area contributed by atoms with Crippen molar-refractivity contribution in [3.63, 3.8) is 0 Å². The van der Waals surface area contributed by atoms with E-state index in [9.17, 15) is 9.59 Å². The highest BCUT2D eigenvalue weighted by Crippen LogP contribution is 2.60. The molecule has 2 atom stereocenters. The van der Waals surface area contributed by atoms with Crippen molar-refractivity contribution in [1.29, 1.82) is 0 Å². The average Bonchev–Trinajstić information content (AvgIpc) is 2.85. The fraction of sp³-hybridized carbons (Fsp3) is 0.688. The monoisotopic (exact) mass is 293 g/mol. The molecule has 0 bridgehead atoms. The first-order valence-electron chi connectivity index (χ1n) is 7.03. The zero-order valence-corrected chi connectivity index (χ0v) is 13.5. The Hall–Kier alpha value is -1.83. The minimum absolute atomic E-state index is 0.0685. The standard InChI is InChI=1S/C16H23NO4/c1-8-20-13(18)11(17-7)9-10-12(16(10,5)6)14(19)21-15(2,3)4/h9-10,12H,8H2,1-6H3. The molecule has 0 heterocycles. The maximum absolute atomic E-state index is 12.2. The number of carbonyl (C=O) groups is 2. The second-order valence-corrected chi connectivity index (χ2v) is 6.74. The van der Waals surface area contributed by atoms with Crippen molar-refractivity contribution in [3.05, 3.63) is 23.2 Å². The summed E-state index contributed by atoms with van der Waals surface area (Å²) in [5.41, 5.74) is -0.931. The molecule has 21 heavy (non-hydrogen) atoms. The van der Waals surface area contributed by atoms with Gasteiger partial charge in [0.15, 0.2) is 0 Å². The van der Waals surface area contributed by atoms with E-state index in [0.29, 0.717) is 0 Å². The summed E-state index contributed by atoms with van der Waals surface area (Å²) < 4.78 is 10.2. The molecule has 0 spiro atoms. The van der Waals surface area contributed by atoms with Crippen LogP contribution in [0.15, 0.2) is 11.8 Å². The van der Waals surface area contributed by atoms with Gasteiger partial charge in [-0.1, -0.05) is 19.9 Å². The molecule has 0 aromatic carbocycles. The molecule has 1 aliphatic rings.